The molecule has 0 aliphatic heterocycles. The van der Waals surface area contributed by atoms with Crippen LogP contribution in [0.2, 0.25) is 8.67 Å². The molecule has 3 nitrogen and oxygen atoms in total. The van der Waals surface area contributed by atoms with E-state index >= 15 is 0 Å². The first-order chi connectivity index (χ1) is 10.2. The fraction of sp³-hybridized carbons (Fsp3) is 0.267. The zero-order valence-corrected chi connectivity index (χ0v) is 13.7. The molecule has 0 spiro atoms. The number of nitrogens with one attached hydrogen (secondary N) is 1. The van der Waals surface area contributed by atoms with Gasteiger partial charge in [-0.2, -0.15) is 0 Å². The number of oxazole rings is 1. The Bertz CT molecular complexity index is 720. The molecular formula is C15H14Cl2N2OS. The van der Waals surface area contributed by atoms with E-state index in [0.717, 1.165) is 23.2 Å². The predicted molar refractivity (Wildman–Crippen MR) is 88.5 cm³/mol. The molecule has 0 radical (unpaired) electrons. The van der Waals surface area contributed by atoms with Crippen molar-refractivity contribution in [2.45, 2.75) is 19.4 Å². The number of nitrogens with zero attached hydrogens (tertiary/aromatic N) is 1. The van der Waals surface area contributed by atoms with Crippen molar-refractivity contribution in [3.05, 3.63) is 50.5 Å². The molecule has 110 valence electrons. The maximum absolute atomic E-state index is 6.26. The molecular weight excluding hydrogens is 327 g/mol. The molecule has 0 saturated heterocycles. The van der Waals surface area contributed by atoms with Crippen LogP contribution in [0.1, 0.15) is 24.4 Å². The van der Waals surface area contributed by atoms with Gasteiger partial charge in [-0.1, -0.05) is 42.3 Å². The highest BCUT2D eigenvalue weighted by Gasteiger charge is 2.20. The van der Waals surface area contributed by atoms with E-state index in [-0.39, 0.29) is 6.04 Å². The highest BCUT2D eigenvalue weighted by molar-refractivity contribution is 7.20. The van der Waals surface area contributed by atoms with Gasteiger partial charge in [-0.25, -0.2) is 4.98 Å². The van der Waals surface area contributed by atoms with Gasteiger partial charge in [0.05, 0.1) is 8.67 Å². The molecule has 1 atom stereocenters. The first-order valence-corrected chi connectivity index (χ1v) is 8.27. The number of rotatable bonds is 5. The number of hydrogen-bond acceptors (Lipinski definition) is 4. The molecule has 2 heterocycles. The van der Waals surface area contributed by atoms with Crippen LogP contribution in [0.3, 0.4) is 0 Å². The minimum Gasteiger partial charge on any atom is -0.441 e. The largest absolute Gasteiger partial charge is 0.441 e. The lowest BCUT2D eigenvalue weighted by Gasteiger charge is -2.15. The quantitative estimate of drug-likeness (QED) is 0.702. The second kappa shape index (κ2) is 6.36. The van der Waals surface area contributed by atoms with Crippen LogP contribution in [0.5, 0.6) is 0 Å². The molecule has 1 unspecified atom stereocenters. The van der Waals surface area contributed by atoms with E-state index in [1.54, 1.807) is 0 Å². The zero-order valence-electron chi connectivity index (χ0n) is 11.4. The molecule has 0 amide bonds. The lowest BCUT2D eigenvalue weighted by atomic mass is 10.1. The Morgan fingerprint density at radius 1 is 1.33 bits per heavy atom. The Kier molecular flexibility index (Phi) is 4.50. The summed E-state index contributed by atoms with van der Waals surface area (Å²) in [5.41, 5.74) is 2.67. The summed E-state index contributed by atoms with van der Waals surface area (Å²) in [4.78, 5) is 4.52. The summed E-state index contributed by atoms with van der Waals surface area (Å²) in [6.07, 6.45) is 0.634. The zero-order chi connectivity index (χ0) is 14.8. The van der Waals surface area contributed by atoms with Crippen LogP contribution in [0, 0.1) is 0 Å². The average Bonchev–Trinajstić information content (AvgIpc) is 3.00. The SMILES string of the molecule is CCNC(Cc1nc2ccccc2o1)c1cc(Cl)sc1Cl. The topological polar surface area (TPSA) is 38.1 Å². The van der Waals surface area contributed by atoms with Crippen molar-refractivity contribution < 1.29 is 4.42 Å². The molecule has 21 heavy (non-hydrogen) atoms. The number of fused-ring (bicyclic) bond motifs is 1. The fourth-order valence-corrected chi connectivity index (χ4v) is 3.89. The van der Waals surface area contributed by atoms with Crippen LogP contribution in [0.25, 0.3) is 11.1 Å². The van der Waals surface area contributed by atoms with E-state index in [4.69, 9.17) is 27.6 Å². The van der Waals surface area contributed by atoms with Crippen molar-refractivity contribution in [1.29, 1.82) is 0 Å². The Morgan fingerprint density at radius 2 is 2.14 bits per heavy atom. The third-order valence-corrected chi connectivity index (χ3v) is 4.74. The van der Waals surface area contributed by atoms with Gasteiger partial charge in [0, 0.05) is 18.0 Å². The Morgan fingerprint density at radius 3 is 2.81 bits per heavy atom. The summed E-state index contributed by atoms with van der Waals surface area (Å²) in [7, 11) is 0. The number of thiophene rings is 1. The van der Waals surface area contributed by atoms with Gasteiger partial charge in [0.2, 0.25) is 0 Å². The predicted octanol–water partition coefficient (Wildman–Crippen LogP) is 5.09. The van der Waals surface area contributed by atoms with Gasteiger partial charge < -0.3 is 9.73 Å². The maximum atomic E-state index is 6.26. The number of likely N-dealkylation sites (N-methyl/N-ethyl adjacent to an activating group) is 1. The van der Waals surface area contributed by atoms with Crippen molar-refractivity contribution in [1.82, 2.24) is 10.3 Å². The Labute approximate surface area is 136 Å². The molecule has 0 saturated carbocycles. The minimum absolute atomic E-state index is 0.0410. The highest BCUT2D eigenvalue weighted by Crippen LogP contribution is 2.36. The smallest absolute Gasteiger partial charge is 0.197 e. The van der Waals surface area contributed by atoms with Crippen LogP contribution in [0.4, 0.5) is 0 Å². The number of aromatic nitrogens is 1. The van der Waals surface area contributed by atoms with Gasteiger partial charge in [0.25, 0.3) is 0 Å². The third-order valence-electron chi connectivity index (χ3n) is 3.23. The van der Waals surface area contributed by atoms with E-state index in [1.807, 2.05) is 30.3 Å². The van der Waals surface area contributed by atoms with Crippen molar-refractivity contribution in [3.63, 3.8) is 0 Å². The number of hydrogen-bond donors (Lipinski definition) is 1. The number of halogens is 2. The Hall–Kier alpha value is -1.07. The monoisotopic (exact) mass is 340 g/mol. The average molecular weight is 341 g/mol. The second-order valence-corrected chi connectivity index (χ2v) is 6.95. The van der Waals surface area contributed by atoms with Gasteiger partial charge in [-0.15, -0.1) is 11.3 Å². The van der Waals surface area contributed by atoms with Crippen LogP contribution in [0.15, 0.2) is 34.7 Å². The first kappa shape index (κ1) is 14.9. The van der Waals surface area contributed by atoms with Crippen LogP contribution in [-0.2, 0) is 6.42 Å². The molecule has 0 fully saturated rings. The molecule has 3 aromatic rings. The molecule has 1 N–H and O–H groups in total. The number of benzene rings is 1. The van der Waals surface area contributed by atoms with E-state index in [1.165, 1.54) is 11.3 Å². The highest BCUT2D eigenvalue weighted by atomic mass is 35.5. The summed E-state index contributed by atoms with van der Waals surface area (Å²) in [5.74, 6) is 0.695. The summed E-state index contributed by atoms with van der Waals surface area (Å²) >= 11 is 13.7. The molecule has 3 rings (SSSR count). The van der Waals surface area contributed by atoms with Gasteiger partial charge in [0.15, 0.2) is 11.5 Å². The molecule has 2 aromatic heterocycles. The van der Waals surface area contributed by atoms with Crippen LogP contribution >= 0.6 is 34.5 Å². The standard InChI is InChI=1S/C15H14Cl2N2OS/c1-2-18-11(9-7-13(16)21-15(9)17)8-14-19-10-5-3-4-6-12(10)20-14/h3-7,11,18H,2,8H2,1H3. The summed E-state index contributed by atoms with van der Waals surface area (Å²) in [6.45, 7) is 2.88. The lowest BCUT2D eigenvalue weighted by Crippen LogP contribution is -2.22. The first-order valence-electron chi connectivity index (χ1n) is 6.70. The minimum atomic E-state index is 0.0410. The Balaban J connectivity index is 1.89. The number of para-hydroxylation sites is 2. The van der Waals surface area contributed by atoms with E-state index in [9.17, 15) is 0 Å². The van der Waals surface area contributed by atoms with Crippen molar-refractivity contribution >= 4 is 45.6 Å². The van der Waals surface area contributed by atoms with Gasteiger partial charge in [-0.05, 0) is 24.7 Å². The lowest BCUT2D eigenvalue weighted by molar-refractivity contribution is 0.461. The summed E-state index contributed by atoms with van der Waals surface area (Å²) in [5, 5.41) is 3.41. The molecule has 6 heteroatoms. The molecule has 1 aromatic carbocycles. The second-order valence-electron chi connectivity index (χ2n) is 4.67. The van der Waals surface area contributed by atoms with Gasteiger partial charge >= 0.3 is 0 Å². The maximum Gasteiger partial charge on any atom is 0.197 e. The van der Waals surface area contributed by atoms with Gasteiger partial charge in [0.1, 0.15) is 5.52 Å². The molecule has 0 aliphatic carbocycles. The van der Waals surface area contributed by atoms with E-state index < -0.39 is 0 Å². The van der Waals surface area contributed by atoms with E-state index in [2.05, 4.69) is 17.2 Å². The van der Waals surface area contributed by atoms with Crippen molar-refractivity contribution in [3.8, 4) is 0 Å². The molecule has 0 bridgehead atoms. The fourth-order valence-electron chi connectivity index (χ4n) is 2.31. The van der Waals surface area contributed by atoms with Crippen molar-refractivity contribution in [2.75, 3.05) is 6.54 Å². The van der Waals surface area contributed by atoms with Crippen molar-refractivity contribution in [2.24, 2.45) is 0 Å². The molecule has 0 aliphatic rings. The van der Waals surface area contributed by atoms with E-state index in [0.29, 0.717) is 21.0 Å². The normalized spacial score (nSPS) is 12.9. The summed E-state index contributed by atoms with van der Waals surface area (Å²) < 4.78 is 7.19. The van der Waals surface area contributed by atoms with Gasteiger partial charge in [-0.3, -0.25) is 0 Å². The third kappa shape index (κ3) is 3.24. The summed E-state index contributed by atoms with van der Waals surface area (Å²) in [6, 6.07) is 9.70. The van der Waals surface area contributed by atoms with Crippen LogP contribution in [-0.4, -0.2) is 11.5 Å². The van der Waals surface area contributed by atoms with Crippen LogP contribution < -0.4 is 5.32 Å².